The van der Waals surface area contributed by atoms with Gasteiger partial charge in [-0.1, -0.05) is 43.6 Å². The molecule has 0 saturated heterocycles. The monoisotopic (exact) mass is 310 g/mol. The van der Waals surface area contributed by atoms with Gasteiger partial charge in [0.25, 0.3) is 0 Å². The Bertz CT molecular complexity index is 489. The molecule has 1 fully saturated rings. The third kappa shape index (κ3) is 4.46. The fourth-order valence-electron chi connectivity index (χ4n) is 3.01. The number of halogens is 1. The normalized spacial score (nSPS) is 16.3. The molecule has 2 rings (SSSR count). The van der Waals surface area contributed by atoms with Crippen molar-refractivity contribution in [1.82, 2.24) is 4.90 Å². The van der Waals surface area contributed by atoms with Crippen LogP contribution in [-0.4, -0.2) is 34.2 Å². The lowest BCUT2D eigenvalue weighted by molar-refractivity contribution is 0.116. The Kier molecular flexibility index (Phi) is 6.08. The number of aliphatic hydroxyl groups is 1. The van der Waals surface area contributed by atoms with Crippen molar-refractivity contribution in [3.8, 4) is 0 Å². The van der Waals surface area contributed by atoms with E-state index in [4.69, 9.17) is 18.0 Å². The van der Waals surface area contributed by atoms with Gasteiger partial charge in [-0.2, -0.15) is 0 Å². The average Bonchev–Trinajstić information content (AvgIpc) is 2.49. The Balaban J connectivity index is 2.10. The van der Waals surface area contributed by atoms with Crippen LogP contribution in [0.4, 0.5) is 4.39 Å². The van der Waals surface area contributed by atoms with E-state index >= 15 is 0 Å². The smallest absolute Gasteiger partial charge is 0.128 e. The number of rotatable bonds is 6. The average molecular weight is 310 g/mol. The van der Waals surface area contributed by atoms with Crippen molar-refractivity contribution in [2.75, 3.05) is 13.2 Å². The van der Waals surface area contributed by atoms with Crippen LogP contribution in [0, 0.1) is 5.82 Å². The summed E-state index contributed by atoms with van der Waals surface area (Å²) in [4.78, 5) is 2.40. The SMILES string of the molecule is NC(=S)c1ccc(CN(CCO)C2CCCCC2)c(F)c1. The minimum Gasteiger partial charge on any atom is -0.395 e. The fraction of sp³-hybridized carbons (Fsp3) is 0.562. The highest BCUT2D eigenvalue weighted by molar-refractivity contribution is 7.80. The van der Waals surface area contributed by atoms with Crippen molar-refractivity contribution in [2.24, 2.45) is 5.73 Å². The van der Waals surface area contributed by atoms with Crippen LogP contribution in [0.2, 0.25) is 0 Å². The number of nitrogens with two attached hydrogens (primary N) is 1. The molecular formula is C16H23FN2OS. The molecule has 1 saturated carbocycles. The Labute approximate surface area is 130 Å². The first-order valence-electron chi connectivity index (χ1n) is 7.55. The van der Waals surface area contributed by atoms with Crippen LogP contribution in [0.25, 0.3) is 0 Å². The lowest BCUT2D eigenvalue weighted by Gasteiger charge is -2.34. The number of aliphatic hydroxyl groups excluding tert-OH is 1. The van der Waals surface area contributed by atoms with E-state index in [1.807, 2.05) is 0 Å². The number of hydrogen-bond acceptors (Lipinski definition) is 3. The summed E-state index contributed by atoms with van der Waals surface area (Å²) in [5.74, 6) is -0.279. The first kappa shape index (κ1) is 16.3. The second kappa shape index (κ2) is 7.82. The minimum atomic E-state index is -0.279. The maximum Gasteiger partial charge on any atom is 0.128 e. The van der Waals surface area contributed by atoms with E-state index < -0.39 is 0 Å². The Hall–Kier alpha value is -1.04. The zero-order valence-electron chi connectivity index (χ0n) is 12.2. The lowest BCUT2D eigenvalue weighted by atomic mass is 9.93. The van der Waals surface area contributed by atoms with Crippen LogP contribution in [0.5, 0.6) is 0 Å². The molecule has 0 spiro atoms. The highest BCUT2D eigenvalue weighted by Crippen LogP contribution is 2.24. The van der Waals surface area contributed by atoms with Gasteiger partial charge < -0.3 is 10.8 Å². The second-order valence-corrected chi connectivity index (χ2v) is 6.10. The van der Waals surface area contributed by atoms with Crippen LogP contribution in [-0.2, 0) is 6.54 Å². The summed E-state index contributed by atoms with van der Waals surface area (Å²) in [6, 6.07) is 5.35. The third-order valence-electron chi connectivity index (χ3n) is 4.19. The van der Waals surface area contributed by atoms with Crippen LogP contribution >= 0.6 is 12.2 Å². The van der Waals surface area contributed by atoms with Crippen molar-refractivity contribution in [1.29, 1.82) is 0 Å². The maximum atomic E-state index is 14.2. The van der Waals surface area contributed by atoms with Gasteiger partial charge in [0, 0.05) is 30.3 Å². The summed E-state index contributed by atoms with van der Waals surface area (Å²) < 4.78 is 14.2. The third-order valence-corrected chi connectivity index (χ3v) is 4.43. The van der Waals surface area contributed by atoms with E-state index in [2.05, 4.69) is 4.90 Å². The van der Waals surface area contributed by atoms with Crippen molar-refractivity contribution in [3.63, 3.8) is 0 Å². The van der Waals surface area contributed by atoms with E-state index in [1.165, 1.54) is 25.3 Å². The predicted octanol–water partition coefficient (Wildman–Crippen LogP) is 2.59. The van der Waals surface area contributed by atoms with Gasteiger partial charge in [-0.05, 0) is 18.9 Å². The van der Waals surface area contributed by atoms with Crippen molar-refractivity contribution < 1.29 is 9.50 Å². The molecule has 3 nitrogen and oxygen atoms in total. The molecule has 5 heteroatoms. The quantitative estimate of drug-likeness (QED) is 0.793. The van der Waals surface area contributed by atoms with Crippen LogP contribution in [0.3, 0.4) is 0 Å². The molecule has 1 aliphatic rings. The van der Waals surface area contributed by atoms with E-state index in [0.717, 1.165) is 12.8 Å². The van der Waals surface area contributed by atoms with E-state index in [-0.39, 0.29) is 17.4 Å². The van der Waals surface area contributed by atoms with Gasteiger partial charge in [0.2, 0.25) is 0 Å². The van der Waals surface area contributed by atoms with Gasteiger partial charge in [0.15, 0.2) is 0 Å². The summed E-state index contributed by atoms with van der Waals surface area (Å²) in [6.45, 7) is 1.21. The van der Waals surface area contributed by atoms with Gasteiger partial charge in [-0.25, -0.2) is 4.39 Å². The maximum absolute atomic E-state index is 14.2. The molecule has 0 aromatic heterocycles. The zero-order valence-corrected chi connectivity index (χ0v) is 13.0. The Morgan fingerprint density at radius 2 is 2.05 bits per heavy atom. The molecule has 0 heterocycles. The van der Waals surface area contributed by atoms with Crippen LogP contribution in [0.1, 0.15) is 43.2 Å². The van der Waals surface area contributed by atoms with E-state index in [0.29, 0.717) is 30.3 Å². The minimum absolute atomic E-state index is 0.100. The lowest BCUT2D eigenvalue weighted by Crippen LogP contribution is -2.38. The number of thiocarbonyl (C=S) groups is 1. The fourth-order valence-corrected chi connectivity index (χ4v) is 3.14. The summed E-state index contributed by atoms with van der Waals surface area (Å²) in [5.41, 5.74) is 6.71. The molecule has 1 aromatic rings. The molecule has 0 unspecified atom stereocenters. The molecule has 0 aliphatic heterocycles. The van der Waals surface area contributed by atoms with Crippen molar-refractivity contribution in [3.05, 3.63) is 35.1 Å². The summed E-state index contributed by atoms with van der Waals surface area (Å²) in [6.07, 6.45) is 5.98. The summed E-state index contributed by atoms with van der Waals surface area (Å²) in [5, 5.41) is 9.26. The van der Waals surface area contributed by atoms with Gasteiger partial charge >= 0.3 is 0 Å². The van der Waals surface area contributed by atoms with E-state index in [1.54, 1.807) is 12.1 Å². The zero-order chi connectivity index (χ0) is 15.2. The Morgan fingerprint density at radius 3 is 2.62 bits per heavy atom. The highest BCUT2D eigenvalue weighted by atomic mass is 32.1. The van der Waals surface area contributed by atoms with Crippen molar-refractivity contribution in [2.45, 2.75) is 44.7 Å². The largest absolute Gasteiger partial charge is 0.395 e. The first-order chi connectivity index (χ1) is 10.1. The van der Waals surface area contributed by atoms with Crippen molar-refractivity contribution >= 4 is 17.2 Å². The standard InChI is InChI=1S/C16H23FN2OS/c17-15-10-12(16(18)21)6-7-13(15)11-19(8-9-20)14-4-2-1-3-5-14/h6-7,10,14,20H,1-5,8-9,11H2,(H2,18,21). The molecule has 116 valence electrons. The summed E-state index contributed by atoms with van der Waals surface area (Å²) in [7, 11) is 0. The number of hydrogen-bond donors (Lipinski definition) is 2. The van der Waals surface area contributed by atoms with Crippen LogP contribution < -0.4 is 5.73 Å². The molecule has 0 radical (unpaired) electrons. The number of benzene rings is 1. The topological polar surface area (TPSA) is 49.5 Å². The first-order valence-corrected chi connectivity index (χ1v) is 7.95. The van der Waals surface area contributed by atoms with Gasteiger partial charge in [0.05, 0.1) is 6.61 Å². The highest BCUT2D eigenvalue weighted by Gasteiger charge is 2.21. The Morgan fingerprint density at radius 1 is 1.33 bits per heavy atom. The van der Waals surface area contributed by atoms with Gasteiger partial charge in [-0.15, -0.1) is 0 Å². The molecule has 21 heavy (non-hydrogen) atoms. The molecule has 0 atom stereocenters. The molecule has 3 N–H and O–H groups in total. The molecule has 1 aromatic carbocycles. The second-order valence-electron chi connectivity index (χ2n) is 5.66. The number of nitrogens with zero attached hydrogens (tertiary/aromatic N) is 1. The molecule has 0 bridgehead atoms. The molecular weight excluding hydrogens is 287 g/mol. The molecule has 0 amide bonds. The molecule has 1 aliphatic carbocycles. The van der Waals surface area contributed by atoms with Crippen LogP contribution in [0.15, 0.2) is 18.2 Å². The predicted molar refractivity (Wildman–Crippen MR) is 86.7 cm³/mol. The van der Waals surface area contributed by atoms with Gasteiger partial charge in [-0.3, -0.25) is 4.90 Å². The van der Waals surface area contributed by atoms with Gasteiger partial charge in [0.1, 0.15) is 10.8 Å². The van der Waals surface area contributed by atoms with E-state index in [9.17, 15) is 9.50 Å². The summed E-state index contributed by atoms with van der Waals surface area (Å²) >= 11 is 4.86.